The van der Waals surface area contributed by atoms with Gasteiger partial charge in [0.2, 0.25) is 29.5 Å². The number of nitrogens with one attached hydrogen (secondary N) is 2. The summed E-state index contributed by atoms with van der Waals surface area (Å²) in [7, 11) is 1.29. The van der Waals surface area contributed by atoms with Crippen molar-refractivity contribution in [3.63, 3.8) is 0 Å². The van der Waals surface area contributed by atoms with Crippen LogP contribution in [0, 0.1) is 17.8 Å². The Morgan fingerprint density at radius 1 is 0.743 bits per heavy atom. The molecular weight excluding hydrogens is 458 g/mol. The molecule has 0 aromatic rings. The van der Waals surface area contributed by atoms with Crippen molar-refractivity contribution in [1.29, 1.82) is 0 Å². The molecule has 194 valence electrons. The molecule has 0 saturated carbocycles. The summed E-state index contributed by atoms with van der Waals surface area (Å²) in [4.78, 5) is 77.6. The zero-order valence-electron chi connectivity index (χ0n) is 20.4. The first-order valence-electron chi connectivity index (χ1n) is 12.2. The van der Waals surface area contributed by atoms with Crippen LogP contribution < -0.4 is 10.6 Å². The van der Waals surface area contributed by atoms with Crippen LogP contribution in [0.3, 0.4) is 0 Å². The SMILES string of the molecule is CCCN1CC(C(=O)NCCN2CC(C(=O)NCCN3CC(C(=O)OC)CC3=O)CC2=O)CC1=O. The second-order valence-corrected chi connectivity index (χ2v) is 9.33. The molecule has 35 heavy (non-hydrogen) atoms. The van der Waals surface area contributed by atoms with Gasteiger partial charge in [-0.05, 0) is 6.42 Å². The molecule has 3 aliphatic heterocycles. The molecule has 3 heterocycles. The number of amides is 5. The fourth-order valence-corrected chi connectivity index (χ4v) is 4.83. The van der Waals surface area contributed by atoms with Crippen molar-refractivity contribution in [1.82, 2.24) is 25.3 Å². The number of methoxy groups -OCH3 is 1. The first kappa shape index (κ1) is 26.4. The fourth-order valence-electron chi connectivity index (χ4n) is 4.83. The lowest BCUT2D eigenvalue weighted by molar-refractivity contribution is -0.145. The first-order chi connectivity index (χ1) is 16.7. The van der Waals surface area contributed by atoms with Crippen LogP contribution in [0.5, 0.6) is 0 Å². The van der Waals surface area contributed by atoms with Crippen LogP contribution in [0.4, 0.5) is 0 Å². The normalized spacial score (nSPS) is 24.3. The van der Waals surface area contributed by atoms with E-state index in [0.29, 0.717) is 19.6 Å². The van der Waals surface area contributed by atoms with E-state index in [1.165, 1.54) is 12.0 Å². The number of hydrogen-bond donors (Lipinski definition) is 2. The van der Waals surface area contributed by atoms with E-state index >= 15 is 0 Å². The maximum atomic E-state index is 12.5. The van der Waals surface area contributed by atoms with Gasteiger partial charge in [0, 0.05) is 71.6 Å². The summed E-state index contributed by atoms with van der Waals surface area (Å²) in [6.07, 6.45) is 1.26. The number of rotatable bonds is 11. The minimum absolute atomic E-state index is 0.00652. The Balaban J connectivity index is 1.34. The second kappa shape index (κ2) is 12.0. The van der Waals surface area contributed by atoms with Gasteiger partial charge in [0.1, 0.15) is 0 Å². The van der Waals surface area contributed by atoms with Crippen molar-refractivity contribution < 1.29 is 33.5 Å². The third-order valence-corrected chi connectivity index (χ3v) is 6.78. The molecular formula is C23H35N5O7. The Morgan fingerprint density at radius 2 is 1.14 bits per heavy atom. The number of esters is 1. The van der Waals surface area contributed by atoms with E-state index < -0.39 is 17.8 Å². The van der Waals surface area contributed by atoms with Gasteiger partial charge in [0.05, 0.1) is 24.9 Å². The van der Waals surface area contributed by atoms with E-state index in [-0.39, 0.29) is 87.4 Å². The van der Waals surface area contributed by atoms with Gasteiger partial charge < -0.3 is 30.1 Å². The molecule has 5 amide bonds. The zero-order chi connectivity index (χ0) is 25.5. The molecule has 0 radical (unpaired) electrons. The molecule has 3 saturated heterocycles. The van der Waals surface area contributed by atoms with Gasteiger partial charge in [0.15, 0.2) is 0 Å². The third-order valence-electron chi connectivity index (χ3n) is 6.78. The lowest BCUT2D eigenvalue weighted by atomic mass is 10.1. The summed E-state index contributed by atoms with van der Waals surface area (Å²) in [5.41, 5.74) is 0. The molecule has 3 fully saturated rings. The van der Waals surface area contributed by atoms with Crippen LogP contribution in [0.1, 0.15) is 32.6 Å². The second-order valence-electron chi connectivity index (χ2n) is 9.33. The van der Waals surface area contributed by atoms with Gasteiger partial charge in [-0.15, -0.1) is 0 Å². The Morgan fingerprint density at radius 3 is 1.57 bits per heavy atom. The van der Waals surface area contributed by atoms with Gasteiger partial charge >= 0.3 is 5.97 Å². The van der Waals surface area contributed by atoms with E-state index in [2.05, 4.69) is 15.4 Å². The van der Waals surface area contributed by atoms with Crippen molar-refractivity contribution in [2.45, 2.75) is 32.6 Å². The van der Waals surface area contributed by atoms with Gasteiger partial charge in [-0.1, -0.05) is 6.92 Å². The summed E-state index contributed by atoms with van der Waals surface area (Å²) in [5, 5.41) is 5.57. The number of carbonyl (C=O) groups excluding carboxylic acids is 6. The molecule has 12 nitrogen and oxygen atoms in total. The van der Waals surface area contributed by atoms with E-state index in [4.69, 9.17) is 0 Å². The smallest absolute Gasteiger partial charge is 0.310 e. The van der Waals surface area contributed by atoms with Crippen molar-refractivity contribution in [2.75, 3.05) is 59.5 Å². The molecule has 12 heteroatoms. The number of hydrogen-bond acceptors (Lipinski definition) is 7. The van der Waals surface area contributed by atoms with Crippen molar-refractivity contribution in [2.24, 2.45) is 17.8 Å². The maximum absolute atomic E-state index is 12.5. The number of carbonyl (C=O) groups is 6. The van der Waals surface area contributed by atoms with Crippen LogP contribution in [0.15, 0.2) is 0 Å². The Bertz CT molecular complexity index is 863. The average Bonchev–Trinajstić information content (AvgIpc) is 3.51. The molecule has 0 aromatic carbocycles. The van der Waals surface area contributed by atoms with Crippen molar-refractivity contribution >= 4 is 35.5 Å². The molecule has 3 unspecified atom stereocenters. The monoisotopic (exact) mass is 493 g/mol. The standard InChI is InChI=1S/C23H35N5O7/c1-3-6-26-12-15(9-18(26)29)21(32)24-4-7-27-13-16(10-19(27)30)22(33)25-5-8-28-14-17(11-20(28)31)23(34)35-2/h15-17H,3-14H2,1-2H3,(H,24,32)(H,25,33). The summed E-state index contributed by atoms with van der Waals surface area (Å²) >= 11 is 0. The van der Waals surface area contributed by atoms with Gasteiger partial charge in [-0.3, -0.25) is 28.8 Å². The first-order valence-corrected chi connectivity index (χ1v) is 12.2. The highest BCUT2D eigenvalue weighted by molar-refractivity contribution is 5.90. The minimum atomic E-state index is -0.495. The van der Waals surface area contributed by atoms with E-state index in [1.54, 1.807) is 9.80 Å². The average molecular weight is 494 g/mol. The molecule has 0 spiro atoms. The molecule has 0 bridgehead atoms. The number of ether oxygens (including phenoxy) is 1. The molecule has 0 aromatic heterocycles. The predicted octanol–water partition coefficient (Wildman–Crippen LogP) is -1.65. The molecule has 3 rings (SSSR count). The topological polar surface area (TPSA) is 145 Å². The molecule has 3 aliphatic rings. The number of nitrogens with zero attached hydrogens (tertiary/aromatic N) is 3. The molecule has 3 atom stereocenters. The number of likely N-dealkylation sites (tertiary alicyclic amines) is 3. The van der Waals surface area contributed by atoms with Crippen LogP contribution in [0.25, 0.3) is 0 Å². The van der Waals surface area contributed by atoms with Gasteiger partial charge in [-0.2, -0.15) is 0 Å². The molecule has 2 N–H and O–H groups in total. The van der Waals surface area contributed by atoms with Gasteiger partial charge in [0.25, 0.3) is 0 Å². The fraction of sp³-hybridized carbons (Fsp3) is 0.739. The predicted molar refractivity (Wildman–Crippen MR) is 122 cm³/mol. The highest BCUT2D eigenvalue weighted by Crippen LogP contribution is 2.20. The van der Waals surface area contributed by atoms with E-state index in [9.17, 15) is 28.8 Å². The molecule has 0 aliphatic carbocycles. The highest BCUT2D eigenvalue weighted by atomic mass is 16.5. The maximum Gasteiger partial charge on any atom is 0.310 e. The summed E-state index contributed by atoms with van der Waals surface area (Å²) in [6, 6.07) is 0. The van der Waals surface area contributed by atoms with Crippen molar-refractivity contribution in [3.8, 4) is 0 Å². The third kappa shape index (κ3) is 6.70. The van der Waals surface area contributed by atoms with Crippen molar-refractivity contribution in [3.05, 3.63) is 0 Å². The van der Waals surface area contributed by atoms with E-state index in [0.717, 1.165) is 6.42 Å². The van der Waals surface area contributed by atoms with Crippen LogP contribution >= 0.6 is 0 Å². The minimum Gasteiger partial charge on any atom is -0.469 e. The summed E-state index contributed by atoms with van der Waals surface area (Å²) in [5.74, 6) is -2.52. The lowest BCUT2D eigenvalue weighted by Gasteiger charge is -2.19. The van der Waals surface area contributed by atoms with Crippen LogP contribution in [-0.2, 0) is 33.5 Å². The summed E-state index contributed by atoms with van der Waals surface area (Å²) in [6.45, 7) is 4.67. The Hall–Kier alpha value is -3.18. The summed E-state index contributed by atoms with van der Waals surface area (Å²) < 4.78 is 4.68. The van der Waals surface area contributed by atoms with Gasteiger partial charge in [-0.25, -0.2) is 0 Å². The largest absolute Gasteiger partial charge is 0.469 e. The Labute approximate surface area is 204 Å². The van der Waals surface area contributed by atoms with Crippen LogP contribution in [0.2, 0.25) is 0 Å². The van der Waals surface area contributed by atoms with E-state index in [1.807, 2.05) is 6.92 Å². The highest BCUT2D eigenvalue weighted by Gasteiger charge is 2.37. The van der Waals surface area contributed by atoms with Crippen LogP contribution in [-0.4, -0.2) is 110 Å². The zero-order valence-corrected chi connectivity index (χ0v) is 20.4. The lowest BCUT2D eigenvalue weighted by Crippen LogP contribution is -2.40. The Kier molecular flexibility index (Phi) is 9.05. The quantitative estimate of drug-likeness (QED) is 0.328.